The molecular formula is C27H35N7O2. The second-order valence-electron chi connectivity index (χ2n) is 10.2. The maximum absolute atomic E-state index is 13.4. The minimum absolute atomic E-state index is 0.0257. The van der Waals surface area contributed by atoms with Crippen molar-refractivity contribution in [3.8, 4) is 0 Å². The molecule has 4 heterocycles. The number of rotatable bonds is 5. The summed E-state index contributed by atoms with van der Waals surface area (Å²) in [6.07, 6.45) is 3.03. The van der Waals surface area contributed by atoms with Crippen LogP contribution in [0.3, 0.4) is 0 Å². The highest BCUT2D eigenvalue weighted by molar-refractivity contribution is 6.03. The summed E-state index contributed by atoms with van der Waals surface area (Å²) in [6.45, 7) is 7.12. The van der Waals surface area contributed by atoms with E-state index in [9.17, 15) is 9.90 Å². The number of likely N-dealkylation sites (N-methyl/N-ethyl adjacent to an activating group) is 1. The van der Waals surface area contributed by atoms with Gasteiger partial charge in [0.05, 0.1) is 17.3 Å². The average Bonchev–Trinajstić information content (AvgIpc) is 2.87. The molecule has 3 atom stereocenters. The number of aliphatic hydroxyl groups is 1. The number of benzene rings is 1. The zero-order valence-corrected chi connectivity index (χ0v) is 21.0. The molecule has 2 aromatic heterocycles. The molecule has 0 saturated carbocycles. The van der Waals surface area contributed by atoms with Crippen molar-refractivity contribution in [2.24, 2.45) is 11.7 Å². The Morgan fingerprint density at radius 3 is 2.64 bits per heavy atom. The first-order valence-corrected chi connectivity index (χ1v) is 12.6. The number of hydrogen-bond acceptors (Lipinski definition) is 9. The van der Waals surface area contributed by atoms with Crippen molar-refractivity contribution >= 4 is 33.7 Å². The van der Waals surface area contributed by atoms with Crippen LogP contribution in [0.1, 0.15) is 23.0 Å². The first-order valence-electron chi connectivity index (χ1n) is 12.6. The molecular weight excluding hydrogens is 454 g/mol. The number of carbonyl (C=O) groups is 1. The van der Waals surface area contributed by atoms with Gasteiger partial charge in [0, 0.05) is 92.4 Å². The summed E-state index contributed by atoms with van der Waals surface area (Å²) in [5.41, 5.74) is 16.7. The van der Waals surface area contributed by atoms with Gasteiger partial charge in [-0.25, -0.2) is 4.98 Å². The van der Waals surface area contributed by atoms with E-state index in [-0.39, 0.29) is 29.9 Å². The van der Waals surface area contributed by atoms with Crippen LogP contribution in [0.4, 0.5) is 17.1 Å². The van der Waals surface area contributed by atoms with E-state index in [1.807, 2.05) is 31.2 Å². The predicted molar refractivity (Wildman–Crippen MR) is 143 cm³/mol. The summed E-state index contributed by atoms with van der Waals surface area (Å²) in [6, 6.07) is 9.56. The van der Waals surface area contributed by atoms with Gasteiger partial charge in [-0.05, 0) is 31.3 Å². The van der Waals surface area contributed by atoms with Gasteiger partial charge in [-0.2, -0.15) is 0 Å². The monoisotopic (exact) mass is 489 g/mol. The molecule has 2 fully saturated rings. The third-order valence-electron chi connectivity index (χ3n) is 7.49. The highest BCUT2D eigenvalue weighted by Crippen LogP contribution is 2.29. The number of nitrogens with two attached hydrogens (primary N) is 2. The van der Waals surface area contributed by atoms with Crippen LogP contribution < -0.4 is 21.3 Å². The van der Waals surface area contributed by atoms with E-state index in [0.29, 0.717) is 18.8 Å². The molecule has 0 spiro atoms. The summed E-state index contributed by atoms with van der Waals surface area (Å²) in [4.78, 5) is 29.2. The van der Waals surface area contributed by atoms with Crippen LogP contribution in [-0.4, -0.2) is 84.2 Å². The fourth-order valence-electron chi connectivity index (χ4n) is 5.29. The molecule has 3 aromatic rings. The van der Waals surface area contributed by atoms with Gasteiger partial charge in [-0.15, -0.1) is 0 Å². The summed E-state index contributed by atoms with van der Waals surface area (Å²) in [7, 11) is 2.14. The van der Waals surface area contributed by atoms with Gasteiger partial charge >= 0.3 is 0 Å². The second-order valence-corrected chi connectivity index (χ2v) is 10.2. The Labute approximate surface area is 211 Å². The molecule has 190 valence electrons. The quantitative estimate of drug-likeness (QED) is 0.458. The van der Waals surface area contributed by atoms with E-state index in [4.69, 9.17) is 16.5 Å². The molecule has 0 radical (unpaired) electrons. The number of nitrogen functional groups attached to an aromatic ring is 1. The van der Waals surface area contributed by atoms with Crippen molar-refractivity contribution in [2.75, 3.05) is 61.8 Å². The number of fused-ring (bicyclic) bond motifs is 1. The zero-order valence-electron chi connectivity index (χ0n) is 21.0. The largest absolute Gasteiger partial charge is 0.397 e. The molecule has 2 aliphatic rings. The van der Waals surface area contributed by atoms with Gasteiger partial charge in [-0.3, -0.25) is 9.78 Å². The number of hydrogen-bond donors (Lipinski definition) is 3. The van der Waals surface area contributed by atoms with Crippen LogP contribution >= 0.6 is 0 Å². The molecule has 2 saturated heterocycles. The topological polar surface area (TPSA) is 125 Å². The van der Waals surface area contributed by atoms with E-state index in [2.05, 4.69) is 32.8 Å². The third kappa shape index (κ3) is 4.86. The van der Waals surface area contributed by atoms with E-state index in [1.165, 1.54) is 0 Å². The number of piperidine rings is 1. The number of aromatic nitrogens is 2. The SMILES string of the molecule is C[C@H]1CN(c2ccncc2CC(=O)c2nc3cc(N4CCN(C)CC4)ccc3cc2N)C[C@@H](N)[C@@H]1O. The molecule has 0 amide bonds. The van der Waals surface area contributed by atoms with Gasteiger partial charge in [0.25, 0.3) is 0 Å². The fourth-order valence-corrected chi connectivity index (χ4v) is 5.29. The lowest BCUT2D eigenvalue weighted by Crippen LogP contribution is -2.55. The van der Waals surface area contributed by atoms with Gasteiger partial charge in [0.1, 0.15) is 5.69 Å². The van der Waals surface area contributed by atoms with Crippen LogP contribution in [0.25, 0.3) is 10.9 Å². The Balaban J connectivity index is 1.40. The standard InChI is InChI=1S/C27H35N7O2/c1-17-15-34(16-22(29)27(17)36)24-5-6-30-14-19(24)12-25(35)26-21(28)11-18-3-4-20(13-23(18)31-26)33-9-7-32(2)8-10-33/h3-6,11,13-14,17,22,27,36H,7-10,12,15-16,28-29H2,1-2H3/t17-,22+,27+/m0/s1. The number of carbonyl (C=O) groups excluding carboxylic acids is 1. The van der Waals surface area contributed by atoms with Crippen LogP contribution in [0.5, 0.6) is 0 Å². The van der Waals surface area contributed by atoms with Crippen molar-refractivity contribution in [3.63, 3.8) is 0 Å². The number of piperazine rings is 1. The summed E-state index contributed by atoms with van der Waals surface area (Å²) in [5, 5.41) is 11.2. The van der Waals surface area contributed by atoms with Crippen molar-refractivity contribution in [3.05, 3.63) is 54.0 Å². The van der Waals surface area contributed by atoms with E-state index in [1.54, 1.807) is 12.4 Å². The average molecular weight is 490 g/mol. The van der Waals surface area contributed by atoms with E-state index >= 15 is 0 Å². The van der Waals surface area contributed by atoms with Crippen LogP contribution in [-0.2, 0) is 6.42 Å². The number of ketones is 1. The maximum Gasteiger partial charge on any atom is 0.187 e. The molecule has 36 heavy (non-hydrogen) atoms. The number of Topliss-reactive ketones (excluding diaryl/α,β-unsaturated/α-hetero) is 1. The molecule has 0 unspecified atom stereocenters. The first kappa shape index (κ1) is 24.4. The lowest BCUT2D eigenvalue weighted by molar-refractivity contribution is 0.0784. The summed E-state index contributed by atoms with van der Waals surface area (Å²) >= 11 is 0. The maximum atomic E-state index is 13.4. The predicted octanol–water partition coefficient (Wildman–Crippen LogP) is 1.53. The molecule has 9 nitrogen and oxygen atoms in total. The second kappa shape index (κ2) is 10.0. The Hall–Kier alpha value is -3.27. The molecule has 2 aliphatic heterocycles. The minimum Gasteiger partial charge on any atom is -0.397 e. The van der Waals surface area contributed by atoms with E-state index in [0.717, 1.165) is 54.0 Å². The summed E-state index contributed by atoms with van der Waals surface area (Å²) in [5.74, 6) is -0.124. The normalized spacial score (nSPS) is 23.3. The molecule has 0 aliphatic carbocycles. The third-order valence-corrected chi connectivity index (χ3v) is 7.49. The Bertz CT molecular complexity index is 1250. The molecule has 9 heteroatoms. The van der Waals surface area contributed by atoms with Gasteiger partial charge in [-0.1, -0.05) is 13.0 Å². The highest BCUT2D eigenvalue weighted by Gasteiger charge is 2.32. The number of aliphatic hydroxyl groups excluding tert-OH is 1. The van der Waals surface area contributed by atoms with Crippen molar-refractivity contribution < 1.29 is 9.90 Å². The van der Waals surface area contributed by atoms with Crippen LogP contribution in [0.2, 0.25) is 0 Å². The van der Waals surface area contributed by atoms with Crippen molar-refractivity contribution in [1.82, 2.24) is 14.9 Å². The lowest BCUT2D eigenvalue weighted by Gasteiger charge is -2.40. The molecule has 5 rings (SSSR count). The molecule has 1 aromatic carbocycles. The highest BCUT2D eigenvalue weighted by atomic mass is 16.3. The zero-order chi connectivity index (χ0) is 25.4. The van der Waals surface area contributed by atoms with Gasteiger partial charge < -0.3 is 31.3 Å². The van der Waals surface area contributed by atoms with E-state index < -0.39 is 6.10 Å². The number of nitrogens with zero attached hydrogens (tertiary/aromatic N) is 5. The minimum atomic E-state index is -0.537. The Kier molecular flexibility index (Phi) is 6.79. The van der Waals surface area contributed by atoms with Gasteiger partial charge in [0.2, 0.25) is 0 Å². The Morgan fingerprint density at radius 1 is 1.11 bits per heavy atom. The van der Waals surface area contributed by atoms with Crippen LogP contribution in [0, 0.1) is 5.92 Å². The number of pyridine rings is 2. The van der Waals surface area contributed by atoms with Gasteiger partial charge in [0.15, 0.2) is 5.78 Å². The number of anilines is 3. The Morgan fingerprint density at radius 2 is 1.89 bits per heavy atom. The molecule has 0 bridgehead atoms. The smallest absolute Gasteiger partial charge is 0.187 e. The van der Waals surface area contributed by atoms with Crippen molar-refractivity contribution in [2.45, 2.75) is 25.5 Å². The van der Waals surface area contributed by atoms with Crippen molar-refractivity contribution in [1.29, 1.82) is 0 Å². The lowest BCUT2D eigenvalue weighted by atomic mass is 9.92. The molecule has 5 N–H and O–H groups in total. The van der Waals surface area contributed by atoms with Crippen LogP contribution in [0.15, 0.2) is 42.7 Å². The first-order chi connectivity index (χ1) is 17.3. The fraction of sp³-hybridized carbons (Fsp3) is 0.444. The summed E-state index contributed by atoms with van der Waals surface area (Å²) < 4.78 is 0.